The van der Waals surface area contributed by atoms with E-state index in [2.05, 4.69) is 30.4 Å². The quantitative estimate of drug-likeness (QED) is 0.845. The van der Waals surface area contributed by atoms with E-state index in [1.807, 2.05) is 19.9 Å². The first-order chi connectivity index (χ1) is 11.5. The molecule has 0 bridgehead atoms. The maximum Gasteiger partial charge on any atom is 0.243 e. The second kappa shape index (κ2) is 6.58. The molecular formula is C20H28N2O2. The topological polar surface area (TPSA) is 49.4 Å². The molecule has 2 fully saturated rings. The van der Waals surface area contributed by atoms with E-state index in [1.54, 1.807) is 4.90 Å². The van der Waals surface area contributed by atoms with E-state index in [0.717, 1.165) is 32.1 Å². The van der Waals surface area contributed by atoms with Crippen LogP contribution in [0.5, 0.6) is 0 Å². The Morgan fingerprint density at radius 3 is 2.67 bits per heavy atom. The average Bonchev–Trinajstić information content (AvgIpc) is 3.03. The van der Waals surface area contributed by atoms with E-state index in [-0.39, 0.29) is 23.9 Å². The minimum Gasteiger partial charge on any atom is -0.354 e. The Morgan fingerprint density at radius 2 is 2.04 bits per heavy atom. The summed E-state index contributed by atoms with van der Waals surface area (Å²) in [4.78, 5) is 27.2. The summed E-state index contributed by atoms with van der Waals surface area (Å²) in [5.74, 6) is 0.215. The first-order valence-electron chi connectivity index (χ1n) is 9.12. The van der Waals surface area contributed by atoms with Crippen LogP contribution in [0.1, 0.15) is 50.7 Å². The lowest BCUT2D eigenvalue weighted by Crippen LogP contribution is -2.74. The number of benzene rings is 1. The predicted molar refractivity (Wildman–Crippen MR) is 94.6 cm³/mol. The highest BCUT2D eigenvalue weighted by Crippen LogP contribution is 2.52. The lowest BCUT2D eigenvalue weighted by Gasteiger charge is -2.55. The molecule has 1 atom stereocenters. The van der Waals surface area contributed by atoms with Crippen molar-refractivity contribution >= 4 is 11.8 Å². The van der Waals surface area contributed by atoms with Gasteiger partial charge in [-0.3, -0.25) is 9.59 Å². The molecule has 1 unspecified atom stereocenters. The van der Waals surface area contributed by atoms with Crippen LogP contribution in [-0.2, 0) is 16.0 Å². The molecule has 2 amide bonds. The Kier molecular flexibility index (Phi) is 4.66. The smallest absolute Gasteiger partial charge is 0.243 e. The highest BCUT2D eigenvalue weighted by molar-refractivity contribution is 6.02. The molecule has 24 heavy (non-hydrogen) atoms. The number of carbonyl (C=O) groups excluding carboxylic acids is 2. The van der Waals surface area contributed by atoms with Crippen LogP contribution in [0.2, 0.25) is 0 Å². The lowest BCUT2D eigenvalue weighted by atomic mass is 9.68. The lowest BCUT2D eigenvalue weighted by molar-refractivity contribution is -0.181. The summed E-state index contributed by atoms with van der Waals surface area (Å²) in [6.07, 6.45) is 4.67. The zero-order valence-electron chi connectivity index (χ0n) is 15.0. The SMILES string of the molecule is Cc1cccc(CCNC(=O)C2N(C(C)C)C(=O)C23CCCC3)c1. The largest absolute Gasteiger partial charge is 0.354 e. The third-order valence-electron chi connectivity index (χ3n) is 5.56. The van der Waals surface area contributed by atoms with Gasteiger partial charge in [-0.15, -0.1) is 0 Å². The molecule has 0 radical (unpaired) electrons. The van der Waals surface area contributed by atoms with Crippen LogP contribution in [-0.4, -0.2) is 35.3 Å². The van der Waals surface area contributed by atoms with E-state index >= 15 is 0 Å². The van der Waals surface area contributed by atoms with Crippen LogP contribution >= 0.6 is 0 Å². The van der Waals surface area contributed by atoms with Gasteiger partial charge in [0.2, 0.25) is 11.8 Å². The van der Waals surface area contributed by atoms with Crippen molar-refractivity contribution in [1.82, 2.24) is 10.2 Å². The fourth-order valence-electron chi connectivity index (χ4n) is 4.39. The van der Waals surface area contributed by atoms with Gasteiger partial charge in [0.15, 0.2) is 0 Å². The second-order valence-electron chi connectivity index (χ2n) is 7.60. The van der Waals surface area contributed by atoms with Gasteiger partial charge in [-0.2, -0.15) is 0 Å². The molecule has 0 aromatic heterocycles. The zero-order chi connectivity index (χ0) is 17.3. The fourth-order valence-corrected chi connectivity index (χ4v) is 4.39. The number of β-lactam (4-membered cyclic amide) rings is 1. The van der Waals surface area contributed by atoms with Gasteiger partial charge >= 0.3 is 0 Å². The van der Waals surface area contributed by atoms with Crippen LogP contribution in [0.25, 0.3) is 0 Å². The molecule has 3 rings (SSSR count). The monoisotopic (exact) mass is 328 g/mol. The molecule has 1 aromatic rings. The van der Waals surface area contributed by atoms with Crippen molar-refractivity contribution in [1.29, 1.82) is 0 Å². The molecular weight excluding hydrogens is 300 g/mol. The second-order valence-corrected chi connectivity index (χ2v) is 7.60. The summed E-state index contributed by atoms with van der Waals surface area (Å²) in [6, 6.07) is 8.17. The number of nitrogens with one attached hydrogen (secondary N) is 1. The van der Waals surface area contributed by atoms with Crippen molar-refractivity contribution in [2.45, 2.75) is 65.0 Å². The number of amides is 2. The van der Waals surface area contributed by atoms with Gasteiger partial charge < -0.3 is 10.2 Å². The van der Waals surface area contributed by atoms with E-state index in [4.69, 9.17) is 0 Å². The number of rotatable bonds is 5. The van der Waals surface area contributed by atoms with E-state index in [1.165, 1.54) is 11.1 Å². The van der Waals surface area contributed by atoms with E-state index < -0.39 is 5.41 Å². The minimum atomic E-state index is -0.405. The van der Waals surface area contributed by atoms with Gasteiger partial charge in [-0.25, -0.2) is 0 Å². The Balaban J connectivity index is 1.63. The Labute approximate surface area is 144 Å². The van der Waals surface area contributed by atoms with Gasteiger partial charge in [-0.05, 0) is 45.6 Å². The zero-order valence-corrected chi connectivity index (χ0v) is 15.0. The highest BCUT2D eigenvalue weighted by atomic mass is 16.2. The summed E-state index contributed by atoms with van der Waals surface area (Å²) in [5.41, 5.74) is 2.06. The maximum absolute atomic E-state index is 12.8. The molecule has 1 heterocycles. The van der Waals surface area contributed by atoms with E-state index in [0.29, 0.717) is 6.54 Å². The minimum absolute atomic E-state index is 0.0258. The van der Waals surface area contributed by atoms with Crippen molar-refractivity contribution in [3.63, 3.8) is 0 Å². The molecule has 1 aliphatic carbocycles. The van der Waals surface area contributed by atoms with Gasteiger partial charge in [0.05, 0.1) is 5.41 Å². The molecule has 1 saturated heterocycles. The standard InChI is InChI=1S/C20H28N2O2/c1-14(2)22-17(20(19(22)24)10-4-5-11-20)18(23)21-12-9-16-8-6-7-15(3)13-16/h6-8,13-14,17H,4-5,9-12H2,1-3H3,(H,21,23). The predicted octanol–water partition coefficient (Wildman–Crippen LogP) is 2.83. The van der Waals surface area contributed by atoms with Crippen molar-refractivity contribution < 1.29 is 9.59 Å². The normalized spacial score (nSPS) is 22.1. The molecule has 4 nitrogen and oxygen atoms in total. The van der Waals surface area contributed by atoms with Crippen molar-refractivity contribution in [3.8, 4) is 0 Å². The summed E-state index contributed by atoms with van der Waals surface area (Å²) in [6.45, 7) is 6.68. The third-order valence-corrected chi connectivity index (χ3v) is 5.56. The first kappa shape index (κ1) is 17.0. The number of nitrogens with zero attached hydrogens (tertiary/aromatic N) is 1. The van der Waals surface area contributed by atoms with Crippen LogP contribution in [0.15, 0.2) is 24.3 Å². The molecule has 2 aliphatic rings. The first-order valence-corrected chi connectivity index (χ1v) is 9.12. The molecule has 1 spiro atoms. The number of carbonyl (C=O) groups is 2. The number of hydrogen-bond acceptors (Lipinski definition) is 2. The summed E-state index contributed by atoms with van der Waals surface area (Å²) in [5, 5.41) is 3.08. The number of aryl methyl sites for hydroxylation is 1. The summed E-state index contributed by atoms with van der Waals surface area (Å²) < 4.78 is 0. The molecule has 4 heteroatoms. The van der Waals surface area contributed by atoms with Crippen molar-refractivity contribution in [3.05, 3.63) is 35.4 Å². The number of hydrogen-bond donors (Lipinski definition) is 1. The summed E-state index contributed by atoms with van der Waals surface area (Å²) >= 11 is 0. The third kappa shape index (κ3) is 2.83. The van der Waals surface area contributed by atoms with Gasteiger partial charge in [-0.1, -0.05) is 42.7 Å². The van der Waals surface area contributed by atoms with Gasteiger partial charge in [0.1, 0.15) is 6.04 Å². The van der Waals surface area contributed by atoms with Crippen molar-refractivity contribution in [2.24, 2.45) is 5.41 Å². The van der Waals surface area contributed by atoms with E-state index in [9.17, 15) is 9.59 Å². The molecule has 1 saturated carbocycles. The maximum atomic E-state index is 12.8. The molecule has 130 valence electrons. The Hall–Kier alpha value is -1.84. The summed E-state index contributed by atoms with van der Waals surface area (Å²) in [7, 11) is 0. The molecule has 1 aromatic carbocycles. The number of likely N-dealkylation sites (tertiary alicyclic amines) is 1. The van der Waals surface area contributed by atoms with Crippen LogP contribution in [0.3, 0.4) is 0 Å². The van der Waals surface area contributed by atoms with Crippen LogP contribution in [0, 0.1) is 12.3 Å². The Morgan fingerprint density at radius 1 is 1.33 bits per heavy atom. The average molecular weight is 328 g/mol. The van der Waals surface area contributed by atoms with Gasteiger partial charge in [0, 0.05) is 12.6 Å². The Bertz CT molecular complexity index is 632. The van der Waals surface area contributed by atoms with Crippen molar-refractivity contribution in [2.75, 3.05) is 6.54 Å². The molecule has 1 aliphatic heterocycles. The van der Waals surface area contributed by atoms with Gasteiger partial charge in [0.25, 0.3) is 0 Å². The molecule has 1 N–H and O–H groups in total. The highest BCUT2D eigenvalue weighted by Gasteiger charge is 2.64. The van der Waals surface area contributed by atoms with Crippen LogP contribution < -0.4 is 5.32 Å². The van der Waals surface area contributed by atoms with Crippen LogP contribution in [0.4, 0.5) is 0 Å². The fraction of sp³-hybridized carbons (Fsp3) is 0.600.